The number of amides is 2. The molecule has 10 nitrogen and oxygen atoms in total. The molecule has 3 N–H and O–H groups in total. The fourth-order valence-corrected chi connectivity index (χ4v) is 5.99. The van der Waals surface area contributed by atoms with Crippen LogP contribution in [0.5, 0.6) is 5.75 Å². The molecular weight excluding hydrogens is 602 g/mol. The molecule has 242 valence electrons. The molecule has 4 aromatic carbocycles. The molecule has 46 heavy (non-hydrogen) atoms. The van der Waals surface area contributed by atoms with Crippen LogP contribution in [0.25, 0.3) is 11.1 Å². The Kier molecular flexibility index (Phi) is 11.4. The second-order valence-electron chi connectivity index (χ2n) is 11.2. The van der Waals surface area contributed by atoms with Gasteiger partial charge in [0.05, 0.1) is 12.8 Å². The minimum atomic E-state index is -4.07. The zero-order chi connectivity index (χ0) is 33.3. The number of likely N-dealkylation sites (N-methyl/N-ethyl adjacent to an activating group) is 2. The maximum Gasteiger partial charge on any atom is 0.265 e. The Hall–Kier alpha value is -4.87. The second kappa shape index (κ2) is 15.4. The molecule has 0 fully saturated rings. The van der Waals surface area contributed by atoms with Crippen LogP contribution in [0.4, 0.5) is 11.4 Å². The topological polar surface area (TPSA) is 120 Å². The van der Waals surface area contributed by atoms with Crippen LogP contribution in [-0.4, -0.2) is 84.5 Å². The van der Waals surface area contributed by atoms with E-state index in [4.69, 9.17) is 4.74 Å². The Morgan fingerprint density at radius 3 is 2.20 bits per heavy atom. The van der Waals surface area contributed by atoms with Crippen LogP contribution in [0.2, 0.25) is 0 Å². The van der Waals surface area contributed by atoms with E-state index in [-0.39, 0.29) is 22.5 Å². The first-order valence-electron chi connectivity index (χ1n) is 14.9. The zero-order valence-electron chi connectivity index (χ0n) is 26.8. The number of carbonyl (C=O) groups excluding carboxylic acids is 2. The van der Waals surface area contributed by atoms with Crippen LogP contribution in [0.15, 0.2) is 95.9 Å². The number of anilines is 2. The van der Waals surface area contributed by atoms with Gasteiger partial charge in [-0.3, -0.25) is 14.3 Å². The van der Waals surface area contributed by atoms with Gasteiger partial charge in [0.25, 0.3) is 21.8 Å². The van der Waals surface area contributed by atoms with Crippen molar-refractivity contribution in [3.8, 4) is 16.9 Å². The molecule has 11 heteroatoms. The Morgan fingerprint density at radius 1 is 0.761 bits per heavy atom. The summed E-state index contributed by atoms with van der Waals surface area (Å²) in [7, 11) is 3.01. The molecule has 0 aliphatic heterocycles. The molecule has 0 saturated carbocycles. The largest absolute Gasteiger partial charge is 0.495 e. The number of methoxy groups -OCH3 is 1. The lowest BCUT2D eigenvalue weighted by atomic mass is 10.0. The first kappa shape index (κ1) is 34.0. The molecule has 0 aliphatic rings. The van der Waals surface area contributed by atoms with Gasteiger partial charge in [0.15, 0.2) is 0 Å². The maximum atomic E-state index is 13.6. The molecule has 0 heterocycles. The van der Waals surface area contributed by atoms with E-state index in [1.165, 1.54) is 7.11 Å². The lowest BCUT2D eigenvalue weighted by Crippen LogP contribution is -2.33. The van der Waals surface area contributed by atoms with E-state index in [1.54, 1.807) is 72.6 Å². The monoisotopic (exact) mass is 643 g/mol. The Morgan fingerprint density at radius 2 is 1.46 bits per heavy atom. The highest BCUT2D eigenvalue weighted by atomic mass is 32.2. The Balaban J connectivity index is 1.45. The molecule has 0 radical (unpaired) electrons. The van der Waals surface area contributed by atoms with Crippen LogP contribution in [0.1, 0.15) is 26.3 Å². The smallest absolute Gasteiger partial charge is 0.265 e. The highest BCUT2D eigenvalue weighted by molar-refractivity contribution is 7.92. The minimum Gasteiger partial charge on any atom is -0.495 e. The molecular formula is C35H41N5O5S. The molecule has 0 atom stereocenters. The maximum absolute atomic E-state index is 13.6. The van der Waals surface area contributed by atoms with Gasteiger partial charge >= 0.3 is 0 Å². The summed E-state index contributed by atoms with van der Waals surface area (Å²) in [6, 6.07) is 26.3. The van der Waals surface area contributed by atoms with Crippen LogP contribution in [0.3, 0.4) is 0 Å². The van der Waals surface area contributed by atoms with E-state index in [0.29, 0.717) is 53.3 Å². The third-order valence-corrected chi connectivity index (χ3v) is 8.66. The van der Waals surface area contributed by atoms with Gasteiger partial charge in [0.2, 0.25) is 0 Å². The molecule has 4 rings (SSSR count). The Labute approximate surface area is 271 Å². The molecule has 0 bridgehead atoms. The van der Waals surface area contributed by atoms with Crippen molar-refractivity contribution >= 4 is 33.2 Å². The number of hydrogen-bond acceptors (Lipinski definition) is 7. The third-order valence-electron chi connectivity index (χ3n) is 7.26. The summed E-state index contributed by atoms with van der Waals surface area (Å²) in [6.07, 6.45) is 0. The Bertz CT molecular complexity index is 1790. The summed E-state index contributed by atoms with van der Waals surface area (Å²) in [5, 5.41) is 6.09. The number of rotatable bonds is 14. The van der Waals surface area contributed by atoms with Crippen molar-refractivity contribution in [2.75, 3.05) is 64.5 Å². The van der Waals surface area contributed by atoms with Crippen molar-refractivity contribution in [3.05, 3.63) is 108 Å². The van der Waals surface area contributed by atoms with E-state index in [9.17, 15) is 18.0 Å². The van der Waals surface area contributed by atoms with E-state index in [1.807, 2.05) is 56.3 Å². The van der Waals surface area contributed by atoms with Gasteiger partial charge in [-0.2, -0.15) is 0 Å². The van der Waals surface area contributed by atoms with Crippen LogP contribution < -0.4 is 20.1 Å². The summed E-state index contributed by atoms with van der Waals surface area (Å²) in [5.41, 5.74) is 4.48. The second-order valence-corrected chi connectivity index (χ2v) is 12.9. The average molecular weight is 644 g/mol. The number of carbonyl (C=O) groups is 2. The summed E-state index contributed by atoms with van der Waals surface area (Å²) < 4.78 is 35.3. The van der Waals surface area contributed by atoms with Crippen molar-refractivity contribution in [3.63, 3.8) is 0 Å². The van der Waals surface area contributed by atoms with Gasteiger partial charge in [-0.05, 0) is 86.7 Å². The van der Waals surface area contributed by atoms with Gasteiger partial charge in [0.1, 0.15) is 10.6 Å². The lowest BCUT2D eigenvalue weighted by Gasteiger charge is -2.20. The summed E-state index contributed by atoms with van der Waals surface area (Å²) in [5.74, 6) is -0.0896. The van der Waals surface area contributed by atoms with Crippen LogP contribution in [0, 0.1) is 6.92 Å². The third kappa shape index (κ3) is 9.09. The van der Waals surface area contributed by atoms with E-state index in [0.717, 1.165) is 12.1 Å². The number of benzene rings is 4. The summed E-state index contributed by atoms with van der Waals surface area (Å²) in [6.45, 7) is 4.07. The molecule has 0 unspecified atom stereocenters. The molecule has 4 aromatic rings. The van der Waals surface area contributed by atoms with Gasteiger partial charge in [-0.1, -0.05) is 42.0 Å². The lowest BCUT2D eigenvalue weighted by molar-refractivity contribution is 0.0786. The number of sulfonamides is 1. The highest BCUT2D eigenvalue weighted by Gasteiger charge is 2.22. The summed E-state index contributed by atoms with van der Waals surface area (Å²) in [4.78, 5) is 29.1. The summed E-state index contributed by atoms with van der Waals surface area (Å²) >= 11 is 0. The number of ether oxygens (including phenoxy) is 1. The van der Waals surface area contributed by atoms with Crippen molar-refractivity contribution in [2.24, 2.45) is 0 Å². The van der Waals surface area contributed by atoms with Crippen molar-refractivity contribution < 1.29 is 22.7 Å². The quantitative estimate of drug-likeness (QED) is 0.167. The predicted octanol–water partition coefficient (Wildman–Crippen LogP) is 4.95. The van der Waals surface area contributed by atoms with Crippen LogP contribution >= 0.6 is 0 Å². The fourth-order valence-electron chi connectivity index (χ4n) is 4.74. The van der Waals surface area contributed by atoms with Crippen molar-refractivity contribution in [1.29, 1.82) is 0 Å². The number of hydrogen-bond donors (Lipinski definition) is 3. The standard InChI is InChI=1S/C35H41N5O5S/c1-25-9-6-11-28(21-25)34(41)37-18-17-36-30-13-8-14-31(24-30)38-46(43,44)33-23-27(15-16-32(33)45-5)26-10-7-12-29(22-26)35(42)40(4)20-19-39(2)3/h6-16,21-24,36,38H,17-20H2,1-5H3,(H,37,41). The predicted molar refractivity (Wildman–Crippen MR) is 183 cm³/mol. The number of nitrogens with one attached hydrogen (secondary N) is 3. The average Bonchev–Trinajstić information content (AvgIpc) is 3.04. The van der Waals surface area contributed by atoms with Crippen molar-refractivity contribution in [1.82, 2.24) is 15.1 Å². The SMILES string of the molecule is COc1ccc(-c2cccc(C(=O)N(C)CCN(C)C)c2)cc1S(=O)(=O)Nc1cccc(NCCNC(=O)c2cccc(C)c2)c1. The number of nitrogens with zero attached hydrogens (tertiary/aromatic N) is 2. The zero-order valence-corrected chi connectivity index (χ0v) is 27.6. The van der Waals surface area contributed by atoms with E-state index < -0.39 is 10.0 Å². The molecule has 2 amide bonds. The molecule has 0 saturated heterocycles. The van der Waals surface area contributed by atoms with Gasteiger partial charge in [-0.15, -0.1) is 0 Å². The van der Waals surface area contributed by atoms with E-state index >= 15 is 0 Å². The first-order valence-corrected chi connectivity index (χ1v) is 16.4. The van der Waals surface area contributed by atoms with Crippen molar-refractivity contribution in [2.45, 2.75) is 11.8 Å². The van der Waals surface area contributed by atoms with E-state index in [2.05, 4.69) is 15.4 Å². The molecule has 0 spiro atoms. The van der Waals surface area contributed by atoms with Crippen LogP contribution in [-0.2, 0) is 10.0 Å². The van der Waals surface area contributed by atoms with Gasteiger partial charge in [0, 0.05) is 50.0 Å². The molecule has 0 aliphatic carbocycles. The fraction of sp³-hybridized carbons (Fsp3) is 0.257. The molecule has 0 aromatic heterocycles. The highest BCUT2D eigenvalue weighted by Crippen LogP contribution is 2.32. The first-order chi connectivity index (χ1) is 22.0. The van der Waals surface area contributed by atoms with Gasteiger partial charge < -0.3 is 25.2 Å². The van der Waals surface area contributed by atoms with Gasteiger partial charge in [-0.25, -0.2) is 8.42 Å². The normalized spacial score (nSPS) is 11.2. The minimum absolute atomic E-state index is 0.0375. The number of aryl methyl sites for hydroxylation is 1.